The average Bonchev–Trinajstić information content (AvgIpc) is 2.63. The van der Waals surface area contributed by atoms with Gasteiger partial charge in [0.15, 0.2) is 0 Å². The SMILES string of the molecule is CCOCc1cn(C)c2ccc(CN)cc12. The van der Waals surface area contributed by atoms with Crippen LogP contribution in [0.25, 0.3) is 10.9 Å². The fourth-order valence-corrected chi connectivity index (χ4v) is 1.97. The number of aryl methyl sites for hydroxylation is 1. The van der Waals surface area contributed by atoms with Gasteiger partial charge in [0, 0.05) is 42.9 Å². The Morgan fingerprint density at radius 3 is 2.88 bits per heavy atom. The predicted molar refractivity (Wildman–Crippen MR) is 66.1 cm³/mol. The summed E-state index contributed by atoms with van der Waals surface area (Å²) < 4.78 is 7.60. The molecule has 1 aromatic heterocycles. The Morgan fingerprint density at radius 1 is 1.38 bits per heavy atom. The summed E-state index contributed by atoms with van der Waals surface area (Å²) in [6.07, 6.45) is 2.13. The van der Waals surface area contributed by atoms with Crippen molar-refractivity contribution in [2.24, 2.45) is 12.8 Å². The third-order valence-corrected chi connectivity index (χ3v) is 2.83. The Labute approximate surface area is 95.8 Å². The summed E-state index contributed by atoms with van der Waals surface area (Å²) in [5.41, 5.74) is 9.28. The normalized spacial score (nSPS) is 11.2. The molecule has 0 bridgehead atoms. The second-order valence-corrected chi connectivity index (χ2v) is 3.96. The van der Waals surface area contributed by atoms with E-state index in [0.29, 0.717) is 13.2 Å². The maximum absolute atomic E-state index is 5.66. The number of aromatic nitrogens is 1. The van der Waals surface area contributed by atoms with Crippen LogP contribution in [-0.4, -0.2) is 11.2 Å². The van der Waals surface area contributed by atoms with Gasteiger partial charge in [-0.2, -0.15) is 0 Å². The minimum Gasteiger partial charge on any atom is -0.377 e. The van der Waals surface area contributed by atoms with E-state index in [-0.39, 0.29) is 0 Å². The van der Waals surface area contributed by atoms with E-state index in [9.17, 15) is 0 Å². The number of hydrogen-bond acceptors (Lipinski definition) is 2. The molecule has 2 rings (SSSR count). The van der Waals surface area contributed by atoms with Gasteiger partial charge in [0.25, 0.3) is 0 Å². The summed E-state index contributed by atoms with van der Waals surface area (Å²) in [6, 6.07) is 6.35. The molecule has 1 heterocycles. The van der Waals surface area contributed by atoms with Crippen LogP contribution in [-0.2, 0) is 24.9 Å². The molecule has 2 N–H and O–H groups in total. The van der Waals surface area contributed by atoms with Gasteiger partial charge in [-0.3, -0.25) is 0 Å². The molecule has 0 atom stereocenters. The van der Waals surface area contributed by atoms with E-state index in [1.165, 1.54) is 16.5 Å². The van der Waals surface area contributed by atoms with Crippen LogP contribution in [0.5, 0.6) is 0 Å². The van der Waals surface area contributed by atoms with Gasteiger partial charge in [0.2, 0.25) is 0 Å². The van der Waals surface area contributed by atoms with Gasteiger partial charge in [-0.1, -0.05) is 6.07 Å². The molecule has 3 heteroatoms. The Bertz CT molecular complexity index is 488. The summed E-state index contributed by atoms with van der Waals surface area (Å²) in [5, 5.41) is 1.25. The van der Waals surface area contributed by atoms with Crippen molar-refractivity contribution < 1.29 is 4.74 Å². The highest BCUT2D eigenvalue weighted by Gasteiger charge is 2.06. The standard InChI is InChI=1S/C13H18N2O/c1-3-16-9-11-8-15(2)13-5-4-10(7-14)6-12(11)13/h4-6,8H,3,7,9,14H2,1-2H3. The Balaban J connectivity index is 2.47. The van der Waals surface area contributed by atoms with Crippen LogP contribution in [0, 0.1) is 0 Å². The molecule has 1 aromatic carbocycles. The molecule has 0 saturated heterocycles. The fourth-order valence-electron chi connectivity index (χ4n) is 1.97. The minimum atomic E-state index is 0.582. The number of benzene rings is 1. The smallest absolute Gasteiger partial charge is 0.0737 e. The number of nitrogens with two attached hydrogens (primary N) is 1. The lowest BCUT2D eigenvalue weighted by molar-refractivity contribution is 0.135. The number of ether oxygens (including phenoxy) is 1. The lowest BCUT2D eigenvalue weighted by atomic mass is 10.1. The highest BCUT2D eigenvalue weighted by molar-refractivity contribution is 5.84. The van der Waals surface area contributed by atoms with E-state index in [1.54, 1.807) is 0 Å². The molecule has 0 unspecified atom stereocenters. The van der Waals surface area contributed by atoms with Gasteiger partial charge in [0.1, 0.15) is 0 Å². The van der Waals surface area contributed by atoms with Crippen molar-refractivity contribution in [1.82, 2.24) is 4.57 Å². The summed E-state index contributed by atoms with van der Waals surface area (Å²) in [7, 11) is 2.06. The van der Waals surface area contributed by atoms with Crippen LogP contribution in [0.2, 0.25) is 0 Å². The first-order valence-electron chi connectivity index (χ1n) is 5.61. The van der Waals surface area contributed by atoms with Crippen LogP contribution < -0.4 is 5.73 Å². The maximum Gasteiger partial charge on any atom is 0.0737 e. The monoisotopic (exact) mass is 218 g/mol. The topological polar surface area (TPSA) is 40.2 Å². The molecule has 0 fully saturated rings. The molecule has 0 radical (unpaired) electrons. The average molecular weight is 218 g/mol. The van der Waals surface area contributed by atoms with Crippen LogP contribution in [0.4, 0.5) is 0 Å². The second-order valence-electron chi connectivity index (χ2n) is 3.96. The van der Waals surface area contributed by atoms with Gasteiger partial charge in [-0.15, -0.1) is 0 Å². The van der Waals surface area contributed by atoms with E-state index in [4.69, 9.17) is 10.5 Å². The van der Waals surface area contributed by atoms with Gasteiger partial charge < -0.3 is 15.0 Å². The third-order valence-electron chi connectivity index (χ3n) is 2.83. The molecule has 0 spiro atoms. The van der Waals surface area contributed by atoms with Crippen molar-refractivity contribution in [2.75, 3.05) is 6.61 Å². The number of hydrogen-bond donors (Lipinski definition) is 1. The van der Waals surface area contributed by atoms with Crippen LogP contribution >= 0.6 is 0 Å². The zero-order chi connectivity index (χ0) is 11.5. The number of rotatable bonds is 4. The van der Waals surface area contributed by atoms with E-state index >= 15 is 0 Å². The summed E-state index contributed by atoms with van der Waals surface area (Å²) in [6.45, 7) is 4.00. The predicted octanol–water partition coefficient (Wildman–Crippen LogP) is 2.17. The summed E-state index contributed by atoms with van der Waals surface area (Å²) >= 11 is 0. The van der Waals surface area contributed by atoms with E-state index < -0.39 is 0 Å². The van der Waals surface area contributed by atoms with Crippen LogP contribution in [0.15, 0.2) is 24.4 Å². The first-order valence-corrected chi connectivity index (χ1v) is 5.61. The molecule has 2 aromatic rings. The zero-order valence-electron chi connectivity index (χ0n) is 9.86. The maximum atomic E-state index is 5.66. The lowest BCUT2D eigenvalue weighted by Gasteiger charge is -2.01. The van der Waals surface area contributed by atoms with Gasteiger partial charge in [0.05, 0.1) is 6.61 Å². The van der Waals surface area contributed by atoms with Crippen LogP contribution in [0.3, 0.4) is 0 Å². The van der Waals surface area contributed by atoms with E-state index in [0.717, 1.165) is 12.2 Å². The summed E-state index contributed by atoms with van der Waals surface area (Å²) in [5.74, 6) is 0. The van der Waals surface area contributed by atoms with Crippen molar-refractivity contribution in [3.8, 4) is 0 Å². The van der Waals surface area contributed by atoms with Crippen molar-refractivity contribution in [2.45, 2.75) is 20.1 Å². The van der Waals surface area contributed by atoms with Crippen molar-refractivity contribution in [3.63, 3.8) is 0 Å². The molecular weight excluding hydrogens is 200 g/mol. The Morgan fingerprint density at radius 2 is 2.19 bits per heavy atom. The molecule has 0 saturated carbocycles. The van der Waals surface area contributed by atoms with Gasteiger partial charge >= 0.3 is 0 Å². The van der Waals surface area contributed by atoms with Crippen molar-refractivity contribution in [3.05, 3.63) is 35.5 Å². The molecule has 0 amide bonds. The van der Waals surface area contributed by atoms with E-state index in [2.05, 4.69) is 36.0 Å². The van der Waals surface area contributed by atoms with Crippen LogP contribution in [0.1, 0.15) is 18.1 Å². The largest absolute Gasteiger partial charge is 0.377 e. The van der Waals surface area contributed by atoms with Crippen molar-refractivity contribution in [1.29, 1.82) is 0 Å². The van der Waals surface area contributed by atoms with E-state index in [1.807, 2.05) is 6.92 Å². The quantitative estimate of drug-likeness (QED) is 0.854. The first-order chi connectivity index (χ1) is 7.76. The molecule has 0 aliphatic carbocycles. The highest BCUT2D eigenvalue weighted by atomic mass is 16.5. The number of fused-ring (bicyclic) bond motifs is 1. The van der Waals surface area contributed by atoms with Gasteiger partial charge in [-0.25, -0.2) is 0 Å². The second kappa shape index (κ2) is 4.68. The highest BCUT2D eigenvalue weighted by Crippen LogP contribution is 2.22. The van der Waals surface area contributed by atoms with Gasteiger partial charge in [-0.05, 0) is 24.6 Å². The Kier molecular flexibility index (Phi) is 3.27. The van der Waals surface area contributed by atoms with Crippen molar-refractivity contribution >= 4 is 10.9 Å². The summed E-state index contributed by atoms with van der Waals surface area (Å²) in [4.78, 5) is 0. The molecule has 0 aliphatic rings. The third kappa shape index (κ3) is 1.96. The Hall–Kier alpha value is -1.32. The molecule has 16 heavy (non-hydrogen) atoms. The first kappa shape index (κ1) is 11.2. The molecule has 3 nitrogen and oxygen atoms in total. The fraction of sp³-hybridized carbons (Fsp3) is 0.385. The minimum absolute atomic E-state index is 0.582. The molecular formula is C13H18N2O. The molecule has 0 aliphatic heterocycles. The number of nitrogens with zero attached hydrogens (tertiary/aromatic N) is 1. The lowest BCUT2D eigenvalue weighted by Crippen LogP contribution is -1.96. The zero-order valence-corrected chi connectivity index (χ0v) is 9.86. The molecule has 86 valence electrons.